The summed E-state index contributed by atoms with van der Waals surface area (Å²) in [7, 11) is 0. The highest BCUT2D eigenvalue weighted by Crippen LogP contribution is 2.31. The minimum absolute atomic E-state index is 0.207. The van der Waals surface area contributed by atoms with E-state index < -0.39 is 0 Å². The molecule has 15 heavy (non-hydrogen) atoms. The average molecular weight is 206 g/mol. The zero-order valence-electron chi connectivity index (χ0n) is 9.40. The molecular formula is C11H18N4. The lowest BCUT2D eigenvalue weighted by Gasteiger charge is -2.32. The van der Waals surface area contributed by atoms with Crippen LogP contribution in [-0.4, -0.2) is 22.1 Å². The summed E-state index contributed by atoms with van der Waals surface area (Å²) < 4.78 is 0. The number of anilines is 1. The Morgan fingerprint density at radius 3 is 2.67 bits per heavy atom. The Labute approximate surface area is 90.5 Å². The van der Waals surface area contributed by atoms with E-state index in [1.807, 2.05) is 6.20 Å². The normalized spacial score (nSPS) is 19.5. The van der Waals surface area contributed by atoms with Crippen LogP contribution in [-0.2, 0) is 6.54 Å². The molecule has 0 aliphatic carbocycles. The van der Waals surface area contributed by atoms with Crippen molar-refractivity contribution < 1.29 is 0 Å². The average Bonchev–Trinajstić information content (AvgIpc) is 2.58. The lowest BCUT2D eigenvalue weighted by atomic mass is 10.0. The van der Waals surface area contributed by atoms with E-state index in [9.17, 15) is 0 Å². The lowest BCUT2D eigenvalue weighted by molar-refractivity contribution is 0.513. The summed E-state index contributed by atoms with van der Waals surface area (Å²) >= 11 is 0. The van der Waals surface area contributed by atoms with Crippen molar-refractivity contribution in [3.05, 3.63) is 18.1 Å². The van der Waals surface area contributed by atoms with Crippen LogP contribution in [0.5, 0.6) is 0 Å². The van der Waals surface area contributed by atoms with Gasteiger partial charge >= 0.3 is 0 Å². The number of rotatable bonds is 2. The molecule has 0 unspecified atom stereocenters. The third-order valence-corrected chi connectivity index (χ3v) is 3.08. The molecule has 0 atom stereocenters. The summed E-state index contributed by atoms with van der Waals surface area (Å²) in [5, 5.41) is 0. The Morgan fingerprint density at radius 2 is 2.20 bits per heavy atom. The van der Waals surface area contributed by atoms with Crippen LogP contribution in [0.3, 0.4) is 0 Å². The maximum absolute atomic E-state index is 5.49. The second kappa shape index (κ2) is 3.77. The lowest BCUT2D eigenvalue weighted by Crippen LogP contribution is -2.38. The summed E-state index contributed by atoms with van der Waals surface area (Å²) in [6.07, 6.45) is 6.04. The first-order valence-corrected chi connectivity index (χ1v) is 5.42. The highest BCUT2D eigenvalue weighted by molar-refractivity contribution is 5.41. The third kappa shape index (κ3) is 1.95. The molecule has 4 nitrogen and oxygen atoms in total. The van der Waals surface area contributed by atoms with Gasteiger partial charge in [-0.2, -0.15) is 0 Å². The Hall–Kier alpha value is -1.16. The largest absolute Gasteiger partial charge is 0.350 e. The second-order valence-corrected chi connectivity index (χ2v) is 4.64. The molecule has 1 saturated heterocycles. The molecule has 0 spiro atoms. The van der Waals surface area contributed by atoms with E-state index in [2.05, 4.69) is 28.7 Å². The topological polar surface area (TPSA) is 55.0 Å². The molecule has 0 saturated carbocycles. The van der Waals surface area contributed by atoms with Crippen LogP contribution < -0.4 is 10.6 Å². The third-order valence-electron chi connectivity index (χ3n) is 3.08. The van der Waals surface area contributed by atoms with E-state index in [4.69, 9.17) is 5.73 Å². The van der Waals surface area contributed by atoms with Crippen LogP contribution >= 0.6 is 0 Å². The number of hydrogen-bond donors (Lipinski definition) is 1. The van der Waals surface area contributed by atoms with Crippen LogP contribution in [0.25, 0.3) is 0 Å². The van der Waals surface area contributed by atoms with Gasteiger partial charge in [-0.05, 0) is 26.7 Å². The molecule has 2 heterocycles. The maximum Gasteiger partial charge on any atom is 0.147 e. The first kappa shape index (κ1) is 10.4. The molecule has 1 aliphatic rings. The molecule has 0 bridgehead atoms. The highest BCUT2D eigenvalue weighted by atomic mass is 15.3. The second-order valence-electron chi connectivity index (χ2n) is 4.64. The molecule has 0 aromatic carbocycles. The molecule has 2 rings (SSSR count). The Morgan fingerprint density at radius 1 is 1.40 bits per heavy atom. The number of hydrogen-bond acceptors (Lipinski definition) is 4. The molecule has 1 aromatic rings. The summed E-state index contributed by atoms with van der Waals surface area (Å²) in [5.74, 6) is 0.967. The van der Waals surface area contributed by atoms with Gasteiger partial charge in [0.2, 0.25) is 0 Å². The van der Waals surface area contributed by atoms with Gasteiger partial charge < -0.3 is 10.6 Å². The fourth-order valence-electron chi connectivity index (χ4n) is 2.12. The van der Waals surface area contributed by atoms with Crippen molar-refractivity contribution in [2.24, 2.45) is 5.73 Å². The SMILES string of the molecule is CC1(C)CCCN1c1cnc(CN)cn1. The van der Waals surface area contributed by atoms with Gasteiger partial charge in [0.1, 0.15) is 5.82 Å². The summed E-state index contributed by atoms with van der Waals surface area (Å²) in [6, 6.07) is 0. The van der Waals surface area contributed by atoms with Gasteiger partial charge in [0, 0.05) is 18.6 Å². The molecule has 0 amide bonds. The maximum atomic E-state index is 5.49. The van der Waals surface area contributed by atoms with Crippen LogP contribution in [0.15, 0.2) is 12.4 Å². The van der Waals surface area contributed by atoms with Gasteiger partial charge in [0.15, 0.2) is 0 Å². The van der Waals surface area contributed by atoms with Crippen LogP contribution in [0.2, 0.25) is 0 Å². The van der Waals surface area contributed by atoms with Crippen molar-refractivity contribution in [3.63, 3.8) is 0 Å². The van der Waals surface area contributed by atoms with Crippen LogP contribution in [0.1, 0.15) is 32.4 Å². The van der Waals surface area contributed by atoms with Crippen LogP contribution in [0.4, 0.5) is 5.82 Å². The quantitative estimate of drug-likeness (QED) is 0.792. The van der Waals surface area contributed by atoms with Crippen molar-refractivity contribution >= 4 is 5.82 Å². The molecule has 0 radical (unpaired) electrons. The van der Waals surface area contributed by atoms with Gasteiger partial charge in [-0.1, -0.05) is 0 Å². The number of nitrogens with two attached hydrogens (primary N) is 1. The van der Waals surface area contributed by atoms with Gasteiger partial charge in [0.05, 0.1) is 18.1 Å². The summed E-state index contributed by atoms with van der Waals surface area (Å²) in [4.78, 5) is 11.0. The minimum atomic E-state index is 0.207. The van der Waals surface area contributed by atoms with E-state index in [-0.39, 0.29) is 5.54 Å². The minimum Gasteiger partial charge on any atom is -0.350 e. The molecule has 1 aliphatic heterocycles. The van der Waals surface area contributed by atoms with E-state index in [0.29, 0.717) is 6.54 Å². The van der Waals surface area contributed by atoms with E-state index in [0.717, 1.165) is 18.1 Å². The fourth-order valence-corrected chi connectivity index (χ4v) is 2.12. The van der Waals surface area contributed by atoms with Crippen molar-refractivity contribution in [1.82, 2.24) is 9.97 Å². The zero-order valence-corrected chi connectivity index (χ0v) is 9.40. The smallest absolute Gasteiger partial charge is 0.147 e. The van der Waals surface area contributed by atoms with Crippen molar-refractivity contribution in [2.75, 3.05) is 11.4 Å². The predicted molar refractivity (Wildman–Crippen MR) is 60.6 cm³/mol. The molecular weight excluding hydrogens is 188 g/mol. The van der Waals surface area contributed by atoms with Crippen LogP contribution in [0, 0.1) is 0 Å². The summed E-state index contributed by atoms with van der Waals surface area (Å²) in [6.45, 7) is 6.03. The molecule has 1 fully saturated rings. The standard InChI is InChI=1S/C11H18N4/c1-11(2)4-3-5-15(11)10-8-13-9(6-12)7-14-10/h7-8H,3-6,12H2,1-2H3. The van der Waals surface area contributed by atoms with Gasteiger partial charge in [-0.3, -0.25) is 4.98 Å². The Balaban J connectivity index is 2.22. The number of nitrogens with zero attached hydrogens (tertiary/aromatic N) is 3. The fraction of sp³-hybridized carbons (Fsp3) is 0.636. The van der Waals surface area contributed by atoms with Crippen molar-refractivity contribution in [1.29, 1.82) is 0 Å². The first-order valence-electron chi connectivity index (χ1n) is 5.42. The van der Waals surface area contributed by atoms with E-state index in [1.165, 1.54) is 12.8 Å². The Bertz CT molecular complexity index is 331. The van der Waals surface area contributed by atoms with E-state index >= 15 is 0 Å². The van der Waals surface area contributed by atoms with Crippen molar-refractivity contribution in [3.8, 4) is 0 Å². The zero-order chi connectivity index (χ0) is 10.9. The first-order chi connectivity index (χ1) is 7.13. The van der Waals surface area contributed by atoms with Gasteiger partial charge in [0.25, 0.3) is 0 Å². The predicted octanol–water partition coefficient (Wildman–Crippen LogP) is 1.31. The molecule has 2 N–H and O–H groups in total. The highest BCUT2D eigenvalue weighted by Gasteiger charge is 2.32. The molecule has 82 valence electrons. The van der Waals surface area contributed by atoms with E-state index in [1.54, 1.807) is 6.20 Å². The summed E-state index contributed by atoms with van der Waals surface area (Å²) in [5.41, 5.74) is 6.54. The van der Waals surface area contributed by atoms with Gasteiger partial charge in [-0.25, -0.2) is 4.98 Å². The van der Waals surface area contributed by atoms with Crippen molar-refractivity contribution in [2.45, 2.75) is 38.8 Å². The monoisotopic (exact) mass is 206 g/mol. The molecule has 4 heteroatoms. The molecule has 1 aromatic heterocycles. The number of aromatic nitrogens is 2. The van der Waals surface area contributed by atoms with Gasteiger partial charge in [-0.15, -0.1) is 0 Å². The Kier molecular flexibility index (Phi) is 2.61.